The van der Waals surface area contributed by atoms with E-state index in [9.17, 15) is 9.90 Å². The topological polar surface area (TPSA) is 61.8 Å². The lowest BCUT2D eigenvalue weighted by atomic mass is 9.90. The molecular formula is C17H20N2O3. The van der Waals surface area contributed by atoms with Crippen LogP contribution in [0.1, 0.15) is 18.4 Å². The molecule has 0 aromatic heterocycles. The molecule has 3 aliphatic rings. The molecule has 1 aliphatic carbocycles. The van der Waals surface area contributed by atoms with Gasteiger partial charge >= 0.3 is 0 Å². The number of rotatable bonds is 1. The van der Waals surface area contributed by atoms with Crippen LogP contribution in [0.3, 0.4) is 0 Å². The molecule has 0 radical (unpaired) electrons. The molecule has 1 amide bonds. The first-order valence-electron chi connectivity index (χ1n) is 7.77. The molecule has 2 aliphatic heterocycles. The molecule has 1 aromatic rings. The van der Waals surface area contributed by atoms with Gasteiger partial charge in [-0.1, -0.05) is 18.2 Å². The van der Waals surface area contributed by atoms with Crippen LogP contribution in [-0.2, 0) is 16.0 Å². The average molecular weight is 300 g/mol. The molecule has 2 unspecified atom stereocenters. The number of carbonyl (C=O) groups excluding carboxylic acids is 1. The van der Waals surface area contributed by atoms with Gasteiger partial charge in [-0.3, -0.25) is 4.79 Å². The fraction of sp³-hybridized carbons (Fsp3) is 0.471. The number of aliphatic hydroxyl groups excluding tert-OH is 1. The number of ether oxygens (including phenoxy) is 1. The van der Waals surface area contributed by atoms with Crippen molar-refractivity contribution in [2.24, 2.45) is 0 Å². The Morgan fingerprint density at radius 1 is 1.27 bits per heavy atom. The van der Waals surface area contributed by atoms with Crippen LogP contribution in [0, 0.1) is 0 Å². The molecule has 0 saturated carbocycles. The summed E-state index contributed by atoms with van der Waals surface area (Å²) in [5.41, 5.74) is 3.90. The van der Waals surface area contributed by atoms with Crippen molar-refractivity contribution < 1.29 is 14.6 Å². The molecule has 116 valence electrons. The molecule has 3 atom stereocenters. The standard InChI is InChI=1S/C17H20N2O3/c1-22-16-7-12-13(8-15(16)20)18-9-11-6-10-4-2-3-5-14(10)19(11)17(12)21/h2-5,11,15-16,18,20H,6-9H2,1H3/t11-,15?,16?/m0/s1. The summed E-state index contributed by atoms with van der Waals surface area (Å²) in [6.07, 6.45) is 0.945. The highest BCUT2D eigenvalue weighted by Crippen LogP contribution is 2.37. The van der Waals surface area contributed by atoms with Crippen LogP contribution in [0.5, 0.6) is 0 Å². The summed E-state index contributed by atoms with van der Waals surface area (Å²) in [6.45, 7) is 0.726. The van der Waals surface area contributed by atoms with E-state index in [1.807, 2.05) is 23.1 Å². The number of para-hydroxylation sites is 1. The van der Waals surface area contributed by atoms with E-state index < -0.39 is 6.10 Å². The number of carbonyl (C=O) groups is 1. The van der Waals surface area contributed by atoms with Gasteiger partial charge in [0.15, 0.2) is 0 Å². The number of benzene rings is 1. The summed E-state index contributed by atoms with van der Waals surface area (Å²) in [4.78, 5) is 15.0. The Balaban J connectivity index is 1.73. The summed E-state index contributed by atoms with van der Waals surface area (Å²) in [5.74, 6) is 0.0592. The summed E-state index contributed by atoms with van der Waals surface area (Å²) >= 11 is 0. The van der Waals surface area contributed by atoms with Gasteiger partial charge in [0.25, 0.3) is 5.91 Å². The second-order valence-electron chi connectivity index (χ2n) is 6.25. The zero-order valence-corrected chi connectivity index (χ0v) is 12.6. The zero-order valence-electron chi connectivity index (χ0n) is 12.6. The highest BCUT2D eigenvalue weighted by molar-refractivity contribution is 6.08. The van der Waals surface area contributed by atoms with E-state index in [2.05, 4.69) is 11.4 Å². The number of hydrogen-bond acceptors (Lipinski definition) is 4. The zero-order chi connectivity index (χ0) is 15.3. The maximum absolute atomic E-state index is 13.1. The van der Waals surface area contributed by atoms with Crippen molar-refractivity contribution in [2.45, 2.75) is 37.5 Å². The minimum atomic E-state index is -0.552. The van der Waals surface area contributed by atoms with Crippen molar-refractivity contribution in [3.05, 3.63) is 41.1 Å². The van der Waals surface area contributed by atoms with Gasteiger partial charge in [0.2, 0.25) is 0 Å². The van der Waals surface area contributed by atoms with Gasteiger partial charge in [0.1, 0.15) is 0 Å². The van der Waals surface area contributed by atoms with Crippen LogP contribution < -0.4 is 10.2 Å². The number of amides is 1. The van der Waals surface area contributed by atoms with Crippen molar-refractivity contribution in [3.8, 4) is 0 Å². The van der Waals surface area contributed by atoms with Gasteiger partial charge in [-0.25, -0.2) is 0 Å². The molecular weight excluding hydrogens is 280 g/mol. The molecule has 22 heavy (non-hydrogen) atoms. The van der Waals surface area contributed by atoms with Crippen LogP contribution >= 0.6 is 0 Å². The number of hydrogen-bond donors (Lipinski definition) is 2. The number of nitrogens with zero attached hydrogens (tertiary/aromatic N) is 1. The first kappa shape index (κ1) is 13.8. The van der Waals surface area contributed by atoms with E-state index in [0.29, 0.717) is 12.8 Å². The third-order valence-electron chi connectivity index (χ3n) is 5.01. The van der Waals surface area contributed by atoms with Gasteiger partial charge in [-0.2, -0.15) is 0 Å². The molecule has 4 rings (SSSR count). The quantitative estimate of drug-likeness (QED) is 0.811. The van der Waals surface area contributed by atoms with E-state index in [1.54, 1.807) is 7.11 Å². The van der Waals surface area contributed by atoms with Gasteiger partial charge in [-0.05, 0) is 18.1 Å². The van der Waals surface area contributed by atoms with Gasteiger partial charge in [0, 0.05) is 43.5 Å². The molecule has 0 bridgehead atoms. The van der Waals surface area contributed by atoms with Crippen LogP contribution in [0.2, 0.25) is 0 Å². The Morgan fingerprint density at radius 2 is 2.09 bits per heavy atom. The predicted octanol–water partition coefficient (Wildman–Crippen LogP) is 0.971. The predicted molar refractivity (Wildman–Crippen MR) is 82.5 cm³/mol. The lowest BCUT2D eigenvalue weighted by Crippen LogP contribution is -2.41. The van der Waals surface area contributed by atoms with Gasteiger partial charge < -0.3 is 20.1 Å². The first-order chi connectivity index (χ1) is 10.7. The van der Waals surface area contributed by atoms with Crippen LogP contribution in [0.15, 0.2) is 35.5 Å². The normalized spacial score (nSPS) is 30.4. The van der Waals surface area contributed by atoms with E-state index in [4.69, 9.17) is 4.74 Å². The second kappa shape index (κ2) is 5.11. The minimum Gasteiger partial charge on any atom is -0.390 e. The molecule has 1 aromatic carbocycles. The number of aliphatic hydroxyl groups is 1. The third-order valence-corrected chi connectivity index (χ3v) is 5.01. The highest BCUT2D eigenvalue weighted by atomic mass is 16.5. The highest BCUT2D eigenvalue weighted by Gasteiger charge is 2.41. The summed E-state index contributed by atoms with van der Waals surface area (Å²) in [6, 6.07) is 8.25. The van der Waals surface area contributed by atoms with Crippen molar-refractivity contribution >= 4 is 11.6 Å². The maximum atomic E-state index is 13.1. The minimum absolute atomic E-state index is 0.0592. The van der Waals surface area contributed by atoms with Crippen LogP contribution in [-0.4, -0.2) is 42.9 Å². The number of nitrogens with one attached hydrogen (secondary N) is 1. The molecule has 2 heterocycles. The Bertz CT molecular complexity index is 655. The number of methoxy groups -OCH3 is 1. The molecule has 0 spiro atoms. The van der Waals surface area contributed by atoms with Crippen molar-refractivity contribution in [1.29, 1.82) is 0 Å². The Hall–Kier alpha value is -1.85. The number of anilines is 1. The van der Waals surface area contributed by atoms with Crippen molar-refractivity contribution in [1.82, 2.24) is 5.32 Å². The molecule has 0 fully saturated rings. The van der Waals surface area contributed by atoms with Gasteiger partial charge in [-0.15, -0.1) is 0 Å². The van der Waals surface area contributed by atoms with Crippen LogP contribution in [0.25, 0.3) is 0 Å². The monoisotopic (exact) mass is 300 g/mol. The molecule has 5 nitrogen and oxygen atoms in total. The van der Waals surface area contributed by atoms with E-state index in [1.165, 1.54) is 5.56 Å². The fourth-order valence-electron chi connectivity index (χ4n) is 3.85. The van der Waals surface area contributed by atoms with Gasteiger partial charge in [0.05, 0.1) is 18.2 Å². The summed E-state index contributed by atoms with van der Waals surface area (Å²) in [5, 5.41) is 13.5. The fourth-order valence-corrected chi connectivity index (χ4v) is 3.85. The van der Waals surface area contributed by atoms with Crippen LogP contribution in [0.4, 0.5) is 5.69 Å². The smallest absolute Gasteiger partial charge is 0.256 e. The maximum Gasteiger partial charge on any atom is 0.256 e. The lowest BCUT2D eigenvalue weighted by molar-refractivity contribution is -0.116. The summed E-state index contributed by atoms with van der Waals surface area (Å²) in [7, 11) is 1.59. The largest absolute Gasteiger partial charge is 0.390 e. The molecule has 5 heteroatoms. The third kappa shape index (κ3) is 1.96. The number of fused-ring (bicyclic) bond motifs is 3. The Morgan fingerprint density at radius 3 is 2.91 bits per heavy atom. The van der Waals surface area contributed by atoms with Crippen molar-refractivity contribution in [2.75, 3.05) is 18.6 Å². The van der Waals surface area contributed by atoms with Crippen molar-refractivity contribution in [3.63, 3.8) is 0 Å². The van der Waals surface area contributed by atoms with E-state index >= 15 is 0 Å². The Labute approximate surface area is 129 Å². The summed E-state index contributed by atoms with van der Waals surface area (Å²) < 4.78 is 5.34. The van der Waals surface area contributed by atoms with E-state index in [0.717, 1.165) is 29.9 Å². The molecule has 2 N–H and O–H groups in total. The molecule has 0 saturated heterocycles. The second-order valence-corrected chi connectivity index (χ2v) is 6.25. The van der Waals surface area contributed by atoms with E-state index in [-0.39, 0.29) is 18.1 Å². The SMILES string of the molecule is COC1CC2=C(CC1O)NC[C@@H]1Cc3ccccc3N1C2=O. The lowest BCUT2D eigenvalue weighted by Gasteiger charge is -2.30. The average Bonchev–Trinajstić information content (AvgIpc) is 2.84. The first-order valence-corrected chi connectivity index (χ1v) is 7.77. The Kier molecular flexibility index (Phi) is 3.20.